The van der Waals surface area contributed by atoms with E-state index < -0.39 is 35.7 Å². The summed E-state index contributed by atoms with van der Waals surface area (Å²) in [5.41, 5.74) is -0.499. The smallest absolute Gasteiger partial charge is 0.322 e. The lowest BCUT2D eigenvalue weighted by atomic mass is 9.95. The molecule has 1 fully saturated rings. The quantitative estimate of drug-likeness (QED) is 0.363. The summed E-state index contributed by atoms with van der Waals surface area (Å²) < 4.78 is 0. The van der Waals surface area contributed by atoms with E-state index in [-0.39, 0.29) is 23.0 Å². The number of aliphatic carboxylic acids is 1. The molecule has 0 saturated heterocycles. The number of nitrogens with one attached hydrogen (secondary N) is 3. The number of allylic oxidation sites excluding steroid dienone is 1. The van der Waals surface area contributed by atoms with E-state index in [1.807, 2.05) is 5.32 Å². The number of amidine groups is 1. The summed E-state index contributed by atoms with van der Waals surface area (Å²) in [6.45, 7) is -0.707. The molecule has 1 saturated carbocycles. The number of hydrogen-bond donors (Lipinski definition) is 5. The predicted octanol–water partition coefficient (Wildman–Crippen LogP) is 0.585. The fourth-order valence-corrected chi connectivity index (χ4v) is 2.89. The first-order valence-corrected chi connectivity index (χ1v) is 7.84. The van der Waals surface area contributed by atoms with Crippen LogP contribution in [-0.2, 0) is 14.4 Å². The molecule has 9 heteroatoms. The molecule has 2 rings (SSSR count). The summed E-state index contributed by atoms with van der Waals surface area (Å²) in [4.78, 5) is 35.7. The van der Waals surface area contributed by atoms with Gasteiger partial charge in [0, 0.05) is 18.7 Å². The van der Waals surface area contributed by atoms with E-state index in [0.717, 1.165) is 30.6 Å². The second-order valence-corrected chi connectivity index (χ2v) is 6.01. The molecule has 0 aromatic rings. The Kier molecular flexibility index (Phi) is 5.35. The molecule has 9 nitrogen and oxygen atoms in total. The average molecular weight is 348 g/mol. The maximum atomic E-state index is 12.2. The Bertz CT molecular complexity index is 716. The Morgan fingerprint density at radius 3 is 2.52 bits per heavy atom. The second kappa shape index (κ2) is 7.29. The number of rotatable bonds is 5. The van der Waals surface area contributed by atoms with Crippen LogP contribution in [0.3, 0.4) is 0 Å². The van der Waals surface area contributed by atoms with Crippen LogP contribution in [0.4, 0.5) is 0 Å². The van der Waals surface area contributed by atoms with Crippen molar-refractivity contribution in [2.24, 2.45) is 5.92 Å². The highest BCUT2D eigenvalue weighted by Crippen LogP contribution is 2.28. The topological polar surface area (TPSA) is 155 Å². The van der Waals surface area contributed by atoms with Crippen molar-refractivity contribution in [3.8, 4) is 0 Å². The van der Waals surface area contributed by atoms with Crippen molar-refractivity contribution in [3.05, 3.63) is 23.0 Å². The van der Waals surface area contributed by atoms with Gasteiger partial charge in [-0.05, 0) is 18.9 Å². The Morgan fingerprint density at radius 1 is 1.36 bits per heavy atom. The van der Waals surface area contributed by atoms with Crippen molar-refractivity contribution in [3.63, 3.8) is 0 Å². The molecule has 134 valence electrons. The van der Waals surface area contributed by atoms with Gasteiger partial charge in [0.25, 0.3) is 11.8 Å². The minimum Gasteiger partial charge on any atom is -0.506 e. The van der Waals surface area contributed by atoms with E-state index in [9.17, 15) is 19.5 Å². The van der Waals surface area contributed by atoms with Crippen molar-refractivity contribution in [1.29, 1.82) is 10.8 Å². The number of carbonyl (C=O) groups excluding carboxylic acids is 2. The minimum absolute atomic E-state index is 0.0281. The number of aliphatic hydroxyl groups excluding tert-OH is 1. The number of carbonyl (C=O) groups is 3. The van der Waals surface area contributed by atoms with Gasteiger partial charge in [0.1, 0.15) is 23.7 Å². The summed E-state index contributed by atoms with van der Waals surface area (Å²) in [7, 11) is 1.27. The van der Waals surface area contributed by atoms with Crippen LogP contribution in [0.15, 0.2) is 23.0 Å². The van der Waals surface area contributed by atoms with Crippen LogP contribution in [0.1, 0.15) is 25.7 Å². The van der Waals surface area contributed by atoms with Gasteiger partial charge in [0.15, 0.2) is 0 Å². The zero-order chi connectivity index (χ0) is 18.7. The number of likely N-dealkylation sites (N-methyl/N-ethyl adjacent to an activating group) is 1. The monoisotopic (exact) mass is 348 g/mol. The van der Waals surface area contributed by atoms with Crippen molar-refractivity contribution in [2.75, 3.05) is 13.6 Å². The lowest BCUT2D eigenvalue weighted by Crippen LogP contribution is -2.45. The Labute approximate surface area is 144 Å². The molecule has 0 spiro atoms. The predicted molar refractivity (Wildman–Crippen MR) is 88.6 cm³/mol. The first-order chi connectivity index (χ1) is 11.7. The van der Waals surface area contributed by atoms with Crippen LogP contribution < -0.4 is 5.32 Å². The van der Waals surface area contributed by atoms with Crippen molar-refractivity contribution in [2.45, 2.75) is 25.7 Å². The third-order valence-corrected chi connectivity index (χ3v) is 4.32. The molecule has 0 radical (unpaired) electrons. The number of hydrogen-bond acceptors (Lipinski definition) is 6. The van der Waals surface area contributed by atoms with Crippen LogP contribution in [-0.4, -0.2) is 58.0 Å². The van der Waals surface area contributed by atoms with Gasteiger partial charge in [0.2, 0.25) is 0 Å². The molecule has 1 aliphatic carbocycles. The van der Waals surface area contributed by atoms with Gasteiger partial charge in [-0.25, -0.2) is 0 Å². The molecule has 1 heterocycles. The minimum atomic E-state index is -1.29. The van der Waals surface area contributed by atoms with Crippen LogP contribution in [0.2, 0.25) is 0 Å². The Morgan fingerprint density at radius 2 is 1.96 bits per heavy atom. The number of nitrogens with zero attached hydrogens (tertiary/aromatic N) is 1. The lowest BCUT2D eigenvalue weighted by Gasteiger charge is -2.27. The number of carboxylic acids is 1. The van der Waals surface area contributed by atoms with E-state index in [4.69, 9.17) is 15.9 Å². The highest BCUT2D eigenvalue weighted by molar-refractivity contribution is 6.29. The fourth-order valence-electron chi connectivity index (χ4n) is 2.89. The van der Waals surface area contributed by atoms with Crippen LogP contribution in [0.25, 0.3) is 0 Å². The van der Waals surface area contributed by atoms with Crippen molar-refractivity contribution >= 4 is 29.3 Å². The molecular weight excluding hydrogens is 328 g/mol. The highest BCUT2D eigenvalue weighted by Gasteiger charge is 2.37. The van der Waals surface area contributed by atoms with Crippen molar-refractivity contribution in [1.82, 2.24) is 10.2 Å². The van der Waals surface area contributed by atoms with Gasteiger partial charge in [-0.2, -0.15) is 0 Å². The molecular formula is C16H20N4O5. The first kappa shape index (κ1) is 18.4. The van der Waals surface area contributed by atoms with E-state index in [2.05, 4.69) is 0 Å². The van der Waals surface area contributed by atoms with E-state index >= 15 is 0 Å². The average Bonchev–Trinajstić information content (AvgIpc) is 3.09. The molecule has 5 N–H and O–H groups in total. The Balaban J connectivity index is 2.38. The van der Waals surface area contributed by atoms with Gasteiger partial charge in [-0.1, -0.05) is 12.8 Å². The molecule has 1 aliphatic heterocycles. The van der Waals surface area contributed by atoms with Crippen LogP contribution >= 0.6 is 0 Å². The first-order valence-electron chi connectivity index (χ1n) is 7.84. The summed E-state index contributed by atoms with van der Waals surface area (Å²) in [6, 6.07) is 0. The van der Waals surface area contributed by atoms with Crippen molar-refractivity contribution < 1.29 is 24.6 Å². The fraction of sp³-hybridized carbons (Fsp3) is 0.438. The normalized spacial score (nSPS) is 20.4. The summed E-state index contributed by atoms with van der Waals surface area (Å²) in [5, 5.41) is 37.1. The van der Waals surface area contributed by atoms with Gasteiger partial charge < -0.3 is 20.9 Å². The zero-order valence-electron chi connectivity index (χ0n) is 13.8. The van der Waals surface area contributed by atoms with E-state index in [0.29, 0.717) is 0 Å². The Hall–Kier alpha value is -2.97. The molecule has 0 bridgehead atoms. The molecule has 0 aromatic heterocycles. The summed E-state index contributed by atoms with van der Waals surface area (Å²) in [5.74, 6) is -4.24. The maximum absolute atomic E-state index is 12.2. The molecule has 0 atom stereocenters. The third-order valence-electron chi connectivity index (χ3n) is 4.32. The molecule has 0 aromatic carbocycles. The maximum Gasteiger partial charge on any atom is 0.322 e. The zero-order valence-corrected chi connectivity index (χ0v) is 13.8. The van der Waals surface area contributed by atoms with E-state index in [1.54, 1.807) is 0 Å². The summed E-state index contributed by atoms with van der Waals surface area (Å²) in [6.07, 6.45) is 5.02. The second-order valence-electron chi connectivity index (χ2n) is 6.01. The molecule has 25 heavy (non-hydrogen) atoms. The van der Waals surface area contributed by atoms with Crippen LogP contribution in [0.5, 0.6) is 0 Å². The summed E-state index contributed by atoms with van der Waals surface area (Å²) >= 11 is 0. The van der Waals surface area contributed by atoms with Gasteiger partial charge in [0.05, 0.1) is 5.57 Å². The van der Waals surface area contributed by atoms with E-state index in [1.165, 1.54) is 13.1 Å². The van der Waals surface area contributed by atoms with Crippen LogP contribution in [0, 0.1) is 16.7 Å². The largest absolute Gasteiger partial charge is 0.506 e. The molecule has 2 aliphatic rings. The van der Waals surface area contributed by atoms with Gasteiger partial charge in [-0.3, -0.25) is 24.7 Å². The molecule has 2 amide bonds. The lowest BCUT2D eigenvalue weighted by molar-refractivity contribution is -0.138. The number of aliphatic hydroxyl groups is 1. The standard InChI is InChI=1S/C16H20N4O5/c1-20-14(18)9(6-10(17)8-4-2-3-5-8)13(23)12(16(20)25)15(24)19-7-11(21)22/h6,8,17-18,23H,2-5,7H2,1H3,(H,19,24)(H,21,22)/b9-6-,17-10?,18-14?. The highest BCUT2D eigenvalue weighted by atomic mass is 16.4. The number of amides is 2. The molecule has 0 unspecified atom stereocenters. The third kappa shape index (κ3) is 3.76. The number of carboxylic acid groups (broad SMARTS) is 1. The SMILES string of the molecule is CN1C(=N)/C(=C\C(=N)C2CCCC2)C(O)=C(C(=O)NCC(=O)O)C1=O. The van der Waals surface area contributed by atoms with Gasteiger partial charge >= 0.3 is 5.97 Å². The van der Waals surface area contributed by atoms with Gasteiger partial charge in [-0.15, -0.1) is 0 Å².